The van der Waals surface area contributed by atoms with Crippen molar-refractivity contribution in [2.24, 2.45) is 0 Å². The monoisotopic (exact) mass is 298 g/mol. The molecule has 2 rings (SSSR count). The first-order valence-corrected chi connectivity index (χ1v) is 6.10. The van der Waals surface area contributed by atoms with Crippen LogP contribution in [0.5, 0.6) is 11.5 Å². The molecule has 0 aromatic heterocycles. The molecule has 0 bridgehead atoms. The molecular weight excluding hydrogens is 288 g/mol. The topological polar surface area (TPSA) is 102 Å². The Morgan fingerprint density at radius 2 is 1.95 bits per heavy atom. The van der Waals surface area contributed by atoms with Gasteiger partial charge in [0, 0.05) is 6.07 Å². The Bertz CT molecular complexity index is 780. The molecule has 0 unspecified atom stereocenters. The number of para-hydroxylation sites is 1. The number of nitriles is 1. The predicted octanol–water partition coefficient (Wildman–Crippen LogP) is 3.05. The van der Waals surface area contributed by atoms with E-state index in [0.717, 1.165) is 6.07 Å². The first kappa shape index (κ1) is 15.0. The van der Waals surface area contributed by atoms with Crippen LogP contribution in [0.4, 0.5) is 5.69 Å². The van der Waals surface area contributed by atoms with Gasteiger partial charge >= 0.3 is 11.7 Å². The van der Waals surface area contributed by atoms with E-state index in [9.17, 15) is 14.9 Å². The number of methoxy groups -OCH3 is 1. The van der Waals surface area contributed by atoms with E-state index in [-0.39, 0.29) is 28.3 Å². The summed E-state index contributed by atoms with van der Waals surface area (Å²) in [5.41, 5.74) is -0.0809. The minimum Gasteiger partial charge on any atom is -0.465 e. The van der Waals surface area contributed by atoms with Gasteiger partial charge in [0.2, 0.25) is 5.75 Å². The quantitative estimate of drug-likeness (QED) is 0.488. The summed E-state index contributed by atoms with van der Waals surface area (Å²) >= 11 is 0. The average molecular weight is 298 g/mol. The van der Waals surface area contributed by atoms with Crippen molar-refractivity contribution in [2.75, 3.05) is 7.11 Å². The van der Waals surface area contributed by atoms with Gasteiger partial charge in [0.15, 0.2) is 0 Å². The number of rotatable bonds is 4. The molecule has 0 N–H and O–H groups in total. The zero-order chi connectivity index (χ0) is 16.1. The van der Waals surface area contributed by atoms with Crippen LogP contribution in [0.25, 0.3) is 0 Å². The van der Waals surface area contributed by atoms with E-state index in [2.05, 4.69) is 4.74 Å². The summed E-state index contributed by atoms with van der Waals surface area (Å²) < 4.78 is 10.1. The van der Waals surface area contributed by atoms with Crippen molar-refractivity contribution in [3.8, 4) is 17.6 Å². The summed E-state index contributed by atoms with van der Waals surface area (Å²) in [7, 11) is 1.23. The molecule has 0 saturated carbocycles. The molecule has 0 heterocycles. The molecule has 0 fully saturated rings. The van der Waals surface area contributed by atoms with Crippen LogP contribution in [0, 0.1) is 21.4 Å². The number of esters is 1. The highest BCUT2D eigenvalue weighted by Crippen LogP contribution is 2.33. The lowest BCUT2D eigenvalue weighted by atomic mass is 10.2. The normalized spacial score (nSPS) is 9.64. The molecule has 0 aliphatic rings. The first-order chi connectivity index (χ1) is 10.6. The number of carbonyl (C=O) groups excluding carboxylic acids is 1. The van der Waals surface area contributed by atoms with Crippen LogP contribution in [0.1, 0.15) is 15.9 Å². The summed E-state index contributed by atoms with van der Waals surface area (Å²) in [6.07, 6.45) is 0. The Kier molecular flexibility index (Phi) is 4.34. The lowest BCUT2D eigenvalue weighted by molar-refractivity contribution is -0.385. The van der Waals surface area contributed by atoms with Crippen LogP contribution < -0.4 is 4.74 Å². The van der Waals surface area contributed by atoms with Crippen LogP contribution in [-0.2, 0) is 4.74 Å². The van der Waals surface area contributed by atoms with Gasteiger partial charge in [-0.1, -0.05) is 12.1 Å². The molecule has 2 aromatic rings. The maximum absolute atomic E-state index is 11.7. The van der Waals surface area contributed by atoms with Crippen molar-refractivity contribution in [3.05, 3.63) is 63.7 Å². The van der Waals surface area contributed by atoms with Crippen LogP contribution in [0.15, 0.2) is 42.5 Å². The molecular formula is C15H10N2O5. The minimum absolute atomic E-state index is 0.0691. The maximum atomic E-state index is 11.7. The van der Waals surface area contributed by atoms with Crippen molar-refractivity contribution in [1.29, 1.82) is 5.26 Å². The Labute approximate surface area is 125 Å². The molecule has 22 heavy (non-hydrogen) atoms. The Balaban J connectivity index is 2.46. The fraction of sp³-hybridized carbons (Fsp3) is 0.0667. The van der Waals surface area contributed by atoms with Gasteiger partial charge in [0.1, 0.15) is 11.3 Å². The molecule has 0 aliphatic carbocycles. The zero-order valence-electron chi connectivity index (χ0n) is 11.5. The van der Waals surface area contributed by atoms with E-state index in [1.165, 1.54) is 31.4 Å². The van der Waals surface area contributed by atoms with E-state index in [1.807, 2.05) is 6.07 Å². The number of hydrogen-bond acceptors (Lipinski definition) is 6. The van der Waals surface area contributed by atoms with E-state index in [4.69, 9.17) is 10.00 Å². The summed E-state index contributed by atoms with van der Waals surface area (Å²) in [5, 5.41) is 19.9. The molecule has 0 aliphatic heterocycles. The van der Waals surface area contributed by atoms with Crippen molar-refractivity contribution >= 4 is 11.7 Å². The van der Waals surface area contributed by atoms with Crippen molar-refractivity contribution in [2.45, 2.75) is 0 Å². The highest BCUT2D eigenvalue weighted by atomic mass is 16.6. The van der Waals surface area contributed by atoms with Gasteiger partial charge < -0.3 is 9.47 Å². The number of ether oxygens (including phenoxy) is 2. The number of benzene rings is 2. The smallest absolute Gasteiger partial charge is 0.341 e. The molecule has 2 aromatic carbocycles. The molecule has 7 nitrogen and oxygen atoms in total. The SMILES string of the molecule is COC(=O)c1ccccc1Oc1ccc(C#N)cc1[N+](=O)[O-]. The second-order valence-corrected chi connectivity index (χ2v) is 4.14. The standard InChI is InChI=1S/C15H10N2O5/c1-21-15(18)11-4-2-3-5-13(11)22-14-7-6-10(9-16)8-12(14)17(19)20/h2-8H,1H3. The van der Waals surface area contributed by atoms with Crippen molar-refractivity contribution in [1.82, 2.24) is 0 Å². The van der Waals surface area contributed by atoms with E-state index in [0.29, 0.717) is 0 Å². The second kappa shape index (κ2) is 6.37. The highest BCUT2D eigenvalue weighted by molar-refractivity contribution is 5.92. The third-order valence-corrected chi connectivity index (χ3v) is 2.80. The van der Waals surface area contributed by atoms with E-state index >= 15 is 0 Å². The van der Waals surface area contributed by atoms with E-state index < -0.39 is 10.9 Å². The van der Waals surface area contributed by atoms with Gasteiger partial charge in [-0.25, -0.2) is 4.79 Å². The number of nitro benzene ring substituents is 1. The largest absolute Gasteiger partial charge is 0.465 e. The van der Waals surface area contributed by atoms with Gasteiger partial charge in [-0.3, -0.25) is 10.1 Å². The lowest BCUT2D eigenvalue weighted by Crippen LogP contribution is -2.04. The van der Waals surface area contributed by atoms with Crippen LogP contribution in [0.2, 0.25) is 0 Å². The van der Waals surface area contributed by atoms with Gasteiger partial charge in [-0.05, 0) is 24.3 Å². The molecule has 0 saturated heterocycles. The number of nitro groups is 1. The predicted molar refractivity (Wildman–Crippen MR) is 75.7 cm³/mol. The fourth-order valence-electron chi connectivity index (χ4n) is 1.77. The van der Waals surface area contributed by atoms with Crippen LogP contribution >= 0.6 is 0 Å². The Morgan fingerprint density at radius 3 is 2.59 bits per heavy atom. The lowest BCUT2D eigenvalue weighted by Gasteiger charge is -2.10. The summed E-state index contributed by atoms with van der Waals surface area (Å²) in [6, 6.07) is 11.8. The summed E-state index contributed by atoms with van der Waals surface area (Å²) in [4.78, 5) is 22.1. The van der Waals surface area contributed by atoms with Gasteiger partial charge in [-0.15, -0.1) is 0 Å². The number of carbonyl (C=O) groups is 1. The minimum atomic E-state index is -0.656. The fourth-order valence-corrected chi connectivity index (χ4v) is 1.77. The maximum Gasteiger partial charge on any atom is 0.341 e. The summed E-state index contributed by atoms with van der Waals surface area (Å²) in [6.45, 7) is 0. The Morgan fingerprint density at radius 1 is 1.23 bits per heavy atom. The van der Waals surface area contributed by atoms with Crippen molar-refractivity contribution in [3.63, 3.8) is 0 Å². The first-order valence-electron chi connectivity index (χ1n) is 6.10. The Hall–Kier alpha value is -3.40. The zero-order valence-corrected chi connectivity index (χ0v) is 11.5. The third kappa shape index (κ3) is 3.02. The van der Waals surface area contributed by atoms with E-state index in [1.54, 1.807) is 12.1 Å². The van der Waals surface area contributed by atoms with Gasteiger partial charge in [0.05, 0.1) is 23.7 Å². The number of nitrogens with zero attached hydrogens (tertiary/aromatic N) is 2. The molecule has 0 spiro atoms. The average Bonchev–Trinajstić information content (AvgIpc) is 2.54. The van der Waals surface area contributed by atoms with Crippen LogP contribution in [0.3, 0.4) is 0 Å². The highest BCUT2D eigenvalue weighted by Gasteiger charge is 2.19. The molecule has 0 atom stereocenters. The molecule has 0 radical (unpaired) electrons. The van der Waals surface area contributed by atoms with Gasteiger partial charge in [-0.2, -0.15) is 5.26 Å². The summed E-state index contributed by atoms with van der Waals surface area (Å²) in [5.74, 6) is -0.561. The number of hydrogen-bond donors (Lipinski definition) is 0. The van der Waals surface area contributed by atoms with Gasteiger partial charge in [0.25, 0.3) is 0 Å². The van der Waals surface area contributed by atoms with Crippen LogP contribution in [-0.4, -0.2) is 18.0 Å². The second-order valence-electron chi connectivity index (χ2n) is 4.14. The molecule has 110 valence electrons. The van der Waals surface area contributed by atoms with Crippen molar-refractivity contribution < 1.29 is 19.2 Å². The molecule has 0 amide bonds. The molecule has 7 heteroatoms. The third-order valence-electron chi connectivity index (χ3n) is 2.80.